The molecule has 0 aromatic heterocycles. The van der Waals surface area contributed by atoms with E-state index in [0.29, 0.717) is 6.54 Å². The van der Waals surface area contributed by atoms with Crippen LogP contribution in [0.5, 0.6) is 11.5 Å². The zero-order valence-corrected chi connectivity index (χ0v) is 9.75. The molecule has 0 unspecified atom stereocenters. The number of benzene rings is 1. The first kappa shape index (κ1) is 12.8. The van der Waals surface area contributed by atoms with Crippen LogP contribution in [-0.2, 0) is 6.42 Å². The van der Waals surface area contributed by atoms with Gasteiger partial charge in [-0.2, -0.15) is 0 Å². The van der Waals surface area contributed by atoms with Crippen LogP contribution in [0.1, 0.15) is 5.56 Å². The highest BCUT2D eigenvalue weighted by Crippen LogP contribution is 2.27. The van der Waals surface area contributed by atoms with Crippen molar-refractivity contribution >= 4 is 0 Å². The Hall–Kier alpha value is -1.29. The first-order valence-corrected chi connectivity index (χ1v) is 5.29. The number of alkyl halides is 1. The Labute approximate surface area is 95.6 Å². The monoisotopic (exact) mass is 227 g/mol. The maximum absolute atomic E-state index is 11.8. The molecular formula is C12H18FNO2. The molecule has 0 saturated carbocycles. The molecule has 0 aliphatic rings. The summed E-state index contributed by atoms with van der Waals surface area (Å²) >= 11 is 0. The zero-order valence-electron chi connectivity index (χ0n) is 9.75. The Bertz CT molecular complexity index is 318. The van der Waals surface area contributed by atoms with Crippen LogP contribution in [-0.4, -0.2) is 34.0 Å². The quantitative estimate of drug-likeness (QED) is 0.721. The molecule has 0 fully saturated rings. The highest BCUT2D eigenvalue weighted by molar-refractivity contribution is 5.42. The summed E-state index contributed by atoms with van der Waals surface area (Å²) in [7, 11) is 3.23. The standard InChI is InChI=1S/C12H18FNO2/c1-15-11-4-3-10(9-12(11)16-2)5-7-14-8-6-13/h3-4,9,14H,5-8H2,1-2H3. The fraction of sp³-hybridized carbons (Fsp3) is 0.500. The zero-order chi connectivity index (χ0) is 11.8. The lowest BCUT2D eigenvalue weighted by Gasteiger charge is -2.09. The van der Waals surface area contributed by atoms with E-state index in [4.69, 9.17) is 9.47 Å². The first-order chi connectivity index (χ1) is 7.81. The van der Waals surface area contributed by atoms with Gasteiger partial charge in [0.1, 0.15) is 6.67 Å². The topological polar surface area (TPSA) is 30.5 Å². The van der Waals surface area contributed by atoms with Gasteiger partial charge in [-0.25, -0.2) is 4.39 Å². The lowest BCUT2D eigenvalue weighted by molar-refractivity contribution is 0.354. The van der Waals surface area contributed by atoms with Gasteiger partial charge in [-0.3, -0.25) is 0 Å². The Morgan fingerprint density at radius 1 is 1.12 bits per heavy atom. The molecule has 1 rings (SSSR count). The fourth-order valence-corrected chi connectivity index (χ4v) is 1.46. The smallest absolute Gasteiger partial charge is 0.160 e. The lowest BCUT2D eigenvalue weighted by Crippen LogP contribution is -2.19. The van der Waals surface area contributed by atoms with E-state index in [1.165, 1.54) is 0 Å². The summed E-state index contributed by atoms with van der Waals surface area (Å²) in [6.45, 7) is 0.846. The molecule has 1 N–H and O–H groups in total. The van der Waals surface area contributed by atoms with Gasteiger partial charge >= 0.3 is 0 Å². The van der Waals surface area contributed by atoms with Crippen molar-refractivity contribution in [1.29, 1.82) is 0 Å². The lowest BCUT2D eigenvalue weighted by atomic mass is 10.1. The number of halogens is 1. The van der Waals surface area contributed by atoms with Crippen molar-refractivity contribution in [2.45, 2.75) is 6.42 Å². The minimum absolute atomic E-state index is 0.327. The summed E-state index contributed by atoms with van der Waals surface area (Å²) < 4.78 is 22.2. The number of hydrogen-bond acceptors (Lipinski definition) is 3. The molecule has 0 spiro atoms. The van der Waals surface area contributed by atoms with Gasteiger partial charge in [-0.05, 0) is 30.7 Å². The predicted octanol–water partition coefficient (Wildman–Crippen LogP) is 1.81. The minimum atomic E-state index is -0.327. The molecule has 1 aromatic carbocycles. The van der Waals surface area contributed by atoms with E-state index in [9.17, 15) is 4.39 Å². The second kappa shape index (κ2) is 7.06. The van der Waals surface area contributed by atoms with Gasteiger partial charge in [0, 0.05) is 6.54 Å². The molecule has 0 bridgehead atoms. The second-order valence-electron chi connectivity index (χ2n) is 3.38. The summed E-state index contributed by atoms with van der Waals surface area (Å²) in [5, 5.41) is 3.00. The average Bonchev–Trinajstić information content (AvgIpc) is 2.34. The maximum Gasteiger partial charge on any atom is 0.160 e. The van der Waals surface area contributed by atoms with Gasteiger partial charge < -0.3 is 14.8 Å². The molecule has 4 heteroatoms. The third-order valence-electron chi connectivity index (χ3n) is 2.31. The molecule has 90 valence electrons. The van der Waals surface area contributed by atoms with Crippen molar-refractivity contribution < 1.29 is 13.9 Å². The molecule has 1 aromatic rings. The largest absolute Gasteiger partial charge is 0.493 e. The number of ether oxygens (including phenoxy) is 2. The van der Waals surface area contributed by atoms with E-state index in [-0.39, 0.29) is 6.67 Å². The van der Waals surface area contributed by atoms with Crippen LogP contribution in [0.25, 0.3) is 0 Å². The Kier molecular flexibility index (Phi) is 5.64. The van der Waals surface area contributed by atoms with Crippen LogP contribution in [0.2, 0.25) is 0 Å². The molecule has 0 aliphatic carbocycles. The van der Waals surface area contributed by atoms with Gasteiger partial charge in [0.05, 0.1) is 14.2 Å². The number of nitrogens with one attached hydrogen (secondary N) is 1. The van der Waals surface area contributed by atoms with E-state index in [1.807, 2.05) is 18.2 Å². The summed E-state index contributed by atoms with van der Waals surface area (Å²) in [6.07, 6.45) is 0.848. The van der Waals surface area contributed by atoms with Crippen molar-refractivity contribution in [2.24, 2.45) is 0 Å². The predicted molar refractivity (Wildman–Crippen MR) is 62.1 cm³/mol. The van der Waals surface area contributed by atoms with Crippen molar-refractivity contribution in [3.05, 3.63) is 23.8 Å². The third kappa shape index (κ3) is 3.70. The highest BCUT2D eigenvalue weighted by Gasteiger charge is 2.03. The minimum Gasteiger partial charge on any atom is -0.493 e. The van der Waals surface area contributed by atoms with Gasteiger partial charge in [0.2, 0.25) is 0 Å². The van der Waals surface area contributed by atoms with Crippen molar-refractivity contribution in [3.63, 3.8) is 0 Å². The Morgan fingerprint density at radius 2 is 1.88 bits per heavy atom. The molecule has 0 heterocycles. The van der Waals surface area contributed by atoms with E-state index in [2.05, 4.69) is 5.32 Å². The fourth-order valence-electron chi connectivity index (χ4n) is 1.46. The molecule has 0 radical (unpaired) electrons. The molecule has 0 aliphatic heterocycles. The van der Waals surface area contributed by atoms with Crippen LogP contribution in [0, 0.1) is 0 Å². The molecule has 3 nitrogen and oxygen atoms in total. The van der Waals surface area contributed by atoms with Crippen LogP contribution in [0.15, 0.2) is 18.2 Å². The van der Waals surface area contributed by atoms with Gasteiger partial charge in [0.15, 0.2) is 11.5 Å². The molecule has 0 atom stereocenters. The summed E-state index contributed by atoms with van der Waals surface area (Å²) in [4.78, 5) is 0. The summed E-state index contributed by atoms with van der Waals surface area (Å²) in [5.41, 5.74) is 1.14. The Morgan fingerprint density at radius 3 is 2.50 bits per heavy atom. The van der Waals surface area contributed by atoms with Crippen LogP contribution in [0.3, 0.4) is 0 Å². The second-order valence-corrected chi connectivity index (χ2v) is 3.38. The van der Waals surface area contributed by atoms with E-state index >= 15 is 0 Å². The molecule has 0 saturated heterocycles. The maximum atomic E-state index is 11.8. The van der Waals surface area contributed by atoms with Crippen molar-refractivity contribution in [2.75, 3.05) is 34.0 Å². The van der Waals surface area contributed by atoms with Crippen LogP contribution < -0.4 is 14.8 Å². The van der Waals surface area contributed by atoms with Crippen molar-refractivity contribution in [1.82, 2.24) is 5.32 Å². The number of rotatable bonds is 7. The first-order valence-electron chi connectivity index (χ1n) is 5.29. The van der Waals surface area contributed by atoms with Gasteiger partial charge in [-0.1, -0.05) is 6.07 Å². The number of hydrogen-bond donors (Lipinski definition) is 1. The van der Waals surface area contributed by atoms with E-state index in [1.54, 1.807) is 14.2 Å². The van der Waals surface area contributed by atoms with E-state index in [0.717, 1.165) is 30.0 Å². The van der Waals surface area contributed by atoms with Gasteiger partial charge in [0.25, 0.3) is 0 Å². The molecule has 16 heavy (non-hydrogen) atoms. The third-order valence-corrected chi connectivity index (χ3v) is 2.31. The summed E-state index contributed by atoms with van der Waals surface area (Å²) in [6, 6.07) is 5.80. The number of methoxy groups -OCH3 is 2. The average molecular weight is 227 g/mol. The van der Waals surface area contributed by atoms with E-state index < -0.39 is 0 Å². The summed E-state index contributed by atoms with van der Waals surface area (Å²) in [5.74, 6) is 1.45. The molecular weight excluding hydrogens is 209 g/mol. The SMILES string of the molecule is COc1ccc(CCNCCF)cc1OC. The normalized spacial score (nSPS) is 10.2. The van der Waals surface area contributed by atoms with Crippen LogP contribution in [0.4, 0.5) is 4.39 Å². The highest BCUT2D eigenvalue weighted by atomic mass is 19.1. The van der Waals surface area contributed by atoms with Gasteiger partial charge in [-0.15, -0.1) is 0 Å². The van der Waals surface area contributed by atoms with Crippen molar-refractivity contribution in [3.8, 4) is 11.5 Å². The Balaban J connectivity index is 2.54. The van der Waals surface area contributed by atoms with Crippen LogP contribution >= 0.6 is 0 Å². The molecule has 0 amide bonds.